The minimum atomic E-state index is -0.0146. The average molecular weight is 470 g/mol. The average Bonchev–Trinajstić information content (AvgIpc) is 2.65. The van der Waals surface area contributed by atoms with Crippen LogP contribution in [-0.4, -0.2) is 18.3 Å². The monoisotopic (exact) mass is 468 g/mol. The first-order valence-corrected chi connectivity index (χ1v) is 11.6. The van der Waals surface area contributed by atoms with Crippen LogP contribution in [0.2, 0.25) is 0 Å². The summed E-state index contributed by atoms with van der Waals surface area (Å²) in [5.41, 5.74) is 0. The molecule has 4 heteroatoms. The molecule has 0 bridgehead atoms. The van der Waals surface area contributed by atoms with Crippen LogP contribution in [0, 0.1) is 0 Å². The smallest absolute Gasteiger partial charge is 0.166 e. The second-order valence-corrected chi connectivity index (χ2v) is 10.1. The van der Waals surface area contributed by atoms with E-state index in [1.807, 2.05) is 0 Å². The largest absolute Gasteiger partial charge is 1.00 e. The quantitative estimate of drug-likeness (QED) is 0.459. The van der Waals surface area contributed by atoms with E-state index in [9.17, 15) is 0 Å². The van der Waals surface area contributed by atoms with Crippen molar-refractivity contribution in [1.29, 1.82) is 0 Å². The Morgan fingerprint density at radius 2 is 0.808 bits per heavy atom. The first-order valence-electron chi connectivity index (χ1n) is 8.16. The van der Waals surface area contributed by atoms with Crippen LogP contribution in [0.15, 0.2) is 106 Å². The van der Waals surface area contributed by atoms with Crippen LogP contribution in [0.3, 0.4) is 0 Å². The topological polar surface area (TPSA) is 0 Å². The van der Waals surface area contributed by atoms with Gasteiger partial charge in [0, 0.05) is 0 Å². The van der Waals surface area contributed by atoms with Crippen molar-refractivity contribution < 1.29 is 29.4 Å². The van der Waals surface area contributed by atoms with Crippen LogP contribution in [0.5, 0.6) is 0 Å². The van der Waals surface area contributed by atoms with Crippen molar-refractivity contribution in [1.82, 2.24) is 0 Å². The number of benzene rings is 3. The molecule has 0 saturated heterocycles. The summed E-state index contributed by atoms with van der Waals surface area (Å²) >= 11 is 0. The third kappa shape index (κ3) is 8.22. The van der Waals surface area contributed by atoms with E-state index in [-0.39, 0.29) is 40.3 Å². The van der Waals surface area contributed by atoms with Gasteiger partial charge in [0.1, 0.15) is 5.75 Å². The molecule has 0 heterocycles. The van der Waals surface area contributed by atoms with Crippen molar-refractivity contribution >= 4 is 21.8 Å². The molecular formula is C22H26BrClS2. The van der Waals surface area contributed by atoms with Gasteiger partial charge in [-0.25, -0.2) is 0 Å². The minimum Gasteiger partial charge on any atom is -1.00 e. The van der Waals surface area contributed by atoms with E-state index in [0.29, 0.717) is 10.9 Å². The molecule has 0 amide bonds. The second-order valence-electron chi connectivity index (χ2n) is 5.52. The first kappa shape index (κ1) is 25.1. The number of halogens is 2. The first-order chi connectivity index (χ1) is 11.7. The molecule has 0 aromatic heterocycles. The van der Waals surface area contributed by atoms with Gasteiger partial charge < -0.3 is 29.4 Å². The summed E-state index contributed by atoms with van der Waals surface area (Å²) in [6.07, 6.45) is 4.50. The summed E-state index contributed by atoms with van der Waals surface area (Å²) in [5.74, 6) is 1.33. The van der Waals surface area contributed by atoms with E-state index in [0.717, 1.165) is 0 Å². The normalized spacial score (nSPS) is 9.58. The molecule has 0 unspecified atom stereocenters. The Bertz CT molecular complexity index is 597. The molecular weight excluding hydrogens is 444 g/mol. The molecule has 3 aromatic carbocycles. The molecule has 0 aliphatic rings. The highest BCUT2D eigenvalue weighted by Gasteiger charge is 2.27. The third-order valence-electron chi connectivity index (χ3n) is 3.51. The Hall–Kier alpha value is -0.870. The number of hydrogen-bond donors (Lipinski definition) is 0. The van der Waals surface area contributed by atoms with Gasteiger partial charge in [-0.3, -0.25) is 0 Å². The SMILES string of the molecule is CC[S+](C)C.[Br-].[Cl-].c1ccc([S+](c2ccccc2)c2ccccc2)cc1. The maximum atomic E-state index is 2.25. The highest BCUT2D eigenvalue weighted by molar-refractivity contribution is 7.97. The lowest BCUT2D eigenvalue weighted by molar-refractivity contribution is -0.001000. The molecule has 0 N–H and O–H groups in total. The molecule has 0 fully saturated rings. The van der Waals surface area contributed by atoms with Gasteiger partial charge in [-0.05, 0) is 54.2 Å². The van der Waals surface area contributed by atoms with Gasteiger partial charge in [0.25, 0.3) is 0 Å². The van der Waals surface area contributed by atoms with Gasteiger partial charge in [-0.2, -0.15) is 0 Å². The Kier molecular flexibility index (Phi) is 13.7. The number of rotatable bonds is 4. The van der Waals surface area contributed by atoms with Gasteiger partial charge in [-0.15, -0.1) is 0 Å². The van der Waals surface area contributed by atoms with E-state index < -0.39 is 0 Å². The zero-order valence-electron chi connectivity index (χ0n) is 15.4. The lowest BCUT2D eigenvalue weighted by Gasteiger charge is -2.07. The van der Waals surface area contributed by atoms with Crippen molar-refractivity contribution in [3.63, 3.8) is 0 Å². The van der Waals surface area contributed by atoms with E-state index in [1.165, 1.54) is 20.4 Å². The van der Waals surface area contributed by atoms with Crippen LogP contribution < -0.4 is 29.4 Å². The van der Waals surface area contributed by atoms with Gasteiger partial charge in [-0.1, -0.05) is 54.6 Å². The van der Waals surface area contributed by atoms with Gasteiger partial charge in [0.2, 0.25) is 0 Å². The molecule has 0 saturated carbocycles. The van der Waals surface area contributed by atoms with Gasteiger partial charge in [0.15, 0.2) is 14.7 Å². The van der Waals surface area contributed by atoms with Crippen molar-refractivity contribution in [2.24, 2.45) is 0 Å². The zero-order chi connectivity index (χ0) is 17.2. The Balaban J connectivity index is 0.000000798. The van der Waals surface area contributed by atoms with Gasteiger partial charge in [0.05, 0.1) is 23.4 Å². The summed E-state index contributed by atoms with van der Waals surface area (Å²) in [4.78, 5) is 4.08. The molecule has 26 heavy (non-hydrogen) atoms. The molecule has 0 nitrogen and oxygen atoms in total. The van der Waals surface area contributed by atoms with Crippen LogP contribution in [0.1, 0.15) is 6.92 Å². The highest BCUT2D eigenvalue weighted by Crippen LogP contribution is 2.30. The maximum Gasteiger partial charge on any atom is 0.166 e. The minimum absolute atomic E-state index is 0. The molecule has 0 aliphatic heterocycles. The van der Waals surface area contributed by atoms with E-state index in [1.54, 1.807) is 0 Å². The maximum absolute atomic E-state index is 2.25. The fourth-order valence-corrected chi connectivity index (χ4v) is 4.18. The van der Waals surface area contributed by atoms with Crippen LogP contribution in [-0.2, 0) is 21.8 Å². The highest BCUT2D eigenvalue weighted by atomic mass is 79.9. The fraction of sp³-hybridized carbons (Fsp3) is 0.182. The Morgan fingerprint density at radius 3 is 1.00 bits per heavy atom. The fourth-order valence-electron chi connectivity index (χ4n) is 2.08. The summed E-state index contributed by atoms with van der Waals surface area (Å²) < 4.78 is 0. The van der Waals surface area contributed by atoms with Crippen LogP contribution >= 0.6 is 0 Å². The summed E-state index contributed by atoms with van der Waals surface area (Å²) in [6.45, 7) is 2.21. The zero-order valence-corrected chi connectivity index (χ0v) is 19.4. The van der Waals surface area contributed by atoms with Crippen molar-refractivity contribution in [2.75, 3.05) is 18.3 Å². The predicted octanol–water partition coefficient (Wildman–Crippen LogP) is -0.326. The Labute approximate surface area is 181 Å². The number of hydrogen-bond acceptors (Lipinski definition) is 0. The molecule has 3 rings (SSSR count). The molecule has 0 aliphatic carbocycles. The molecule has 140 valence electrons. The third-order valence-corrected chi connectivity index (χ3v) is 6.90. The predicted molar refractivity (Wildman–Crippen MR) is 111 cm³/mol. The molecule has 0 atom stereocenters. The lowest BCUT2D eigenvalue weighted by atomic mass is 10.4. The molecule has 3 aromatic rings. The van der Waals surface area contributed by atoms with Gasteiger partial charge >= 0.3 is 0 Å². The standard InChI is InChI=1S/C18H15S.C4H11S.BrH.ClH/c1-4-10-16(11-5-1)19(17-12-6-2-7-13-17)18-14-8-3-9-15-18;1-4-5(2)3;;/h1-15H;4H2,1-3H3;2*1H/q2*+1;;/p-2. The van der Waals surface area contributed by atoms with Crippen molar-refractivity contribution in [3.05, 3.63) is 91.0 Å². The van der Waals surface area contributed by atoms with E-state index >= 15 is 0 Å². The van der Waals surface area contributed by atoms with Crippen molar-refractivity contribution in [3.8, 4) is 0 Å². The second kappa shape index (κ2) is 14.2. The molecule has 0 spiro atoms. The van der Waals surface area contributed by atoms with Crippen LogP contribution in [0.25, 0.3) is 0 Å². The lowest BCUT2D eigenvalue weighted by Crippen LogP contribution is -3.00. The Morgan fingerprint density at radius 1 is 0.577 bits per heavy atom. The van der Waals surface area contributed by atoms with Crippen molar-refractivity contribution in [2.45, 2.75) is 21.6 Å². The summed E-state index contributed by atoms with van der Waals surface area (Å²) in [7, 11) is 0.663. The van der Waals surface area contributed by atoms with E-state index in [2.05, 4.69) is 110 Å². The van der Waals surface area contributed by atoms with Crippen LogP contribution in [0.4, 0.5) is 0 Å². The molecule has 0 radical (unpaired) electrons. The van der Waals surface area contributed by atoms with E-state index in [4.69, 9.17) is 0 Å². The summed E-state index contributed by atoms with van der Waals surface area (Å²) in [6, 6.07) is 32.2. The summed E-state index contributed by atoms with van der Waals surface area (Å²) in [5, 5.41) is 0.